The SMILES string of the molecule is O=C1[C@@H]2[C@@H]3O[C@@H]([C@H]4C(c5cnc6ccccc6n5)=NN(c5ccccc5)[C@@H]34)[C@@H]2C(=O)N1c1nccs1. The van der Waals surface area contributed by atoms with Crippen molar-refractivity contribution in [3.63, 3.8) is 0 Å². The normalized spacial score (nSPS) is 30.3. The number of hydrogen-bond donors (Lipinski definition) is 0. The molecule has 8 rings (SSSR count). The van der Waals surface area contributed by atoms with Crippen LogP contribution < -0.4 is 9.91 Å². The lowest BCUT2D eigenvalue weighted by atomic mass is 9.70. The number of para-hydroxylation sites is 3. The molecule has 6 atom stereocenters. The monoisotopic (exact) mass is 494 g/mol. The number of carbonyl (C=O) groups excluding carboxylic acids is 2. The molecule has 2 aromatic heterocycles. The van der Waals surface area contributed by atoms with Crippen molar-refractivity contribution in [3.05, 3.63) is 78.1 Å². The number of rotatable bonds is 3. The van der Waals surface area contributed by atoms with E-state index in [1.54, 1.807) is 17.8 Å². The average molecular weight is 495 g/mol. The molecule has 0 aliphatic carbocycles. The van der Waals surface area contributed by atoms with Gasteiger partial charge in [-0.2, -0.15) is 5.10 Å². The first kappa shape index (κ1) is 20.2. The van der Waals surface area contributed by atoms with E-state index in [9.17, 15) is 9.59 Å². The highest BCUT2D eigenvalue weighted by Crippen LogP contribution is 2.56. The molecule has 6 heterocycles. The van der Waals surface area contributed by atoms with Crippen molar-refractivity contribution in [2.75, 3.05) is 9.91 Å². The van der Waals surface area contributed by atoms with Gasteiger partial charge in [0.1, 0.15) is 5.69 Å². The van der Waals surface area contributed by atoms with Crippen molar-refractivity contribution in [3.8, 4) is 0 Å². The van der Waals surface area contributed by atoms with Gasteiger partial charge in [-0.1, -0.05) is 30.3 Å². The molecule has 4 aliphatic heterocycles. The fourth-order valence-corrected chi connectivity index (χ4v) is 6.89. The summed E-state index contributed by atoms with van der Waals surface area (Å²) in [5.41, 5.74) is 3.87. The van der Waals surface area contributed by atoms with E-state index in [4.69, 9.17) is 14.8 Å². The number of fused-ring (bicyclic) bond motifs is 9. The standard InChI is InChI=1S/C26H18N6O3S/c33-24-17-18(25(34)31(24)26-27-10-11-36-26)23-21-19(22(17)35-23)20(30-32(21)13-6-2-1-3-7-13)16-12-28-14-8-4-5-9-15(14)29-16/h1-12,17-19,21-23H/t17-,18+,19+,21-,22-,23+/m1/s1. The number of aromatic nitrogens is 3. The van der Waals surface area contributed by atoms with Crippen molar-refractivity contribution in [1.82, 2.24) is 15.0 Å². The highest BCUT2D eigenvalue weighted by Gasteiger charge is 2.72. The van der Waals surface area contributed by atoms with E-state index >= 15 is 0 Å². The summed E-state index contributed by atoms with van der Waals surface area (Å²) in [5.74, 6) is -1.83. The van der Waals surface area contributed by atoms with E-state index in [0.717, 1.165) is 22.4 Å². The molecular weight excluding hydrogens is 476 g/mol. The minimum atomic E-state index is -0.568. The second-order valence-corrected chi connectivity index (χ2v) is 10.2. The zero-order valence-electron chi connectivity index (χ0n) is 18.7. The van der Waals surface area contributed by atoms with Crippen LogP contribution in [0, 0.1) is 17.8 Å². The Kier molecular flexibility index (Phi) is 4.07. The van der Waals surface area contributed by atoms with Gasteiger partial charge >= 0.3 is 0 Å². The second kappa shape index (κ2) is 7.25. The third-order valence-electron chi connectivity index (χ3n) is 7.63. The Balaban J connectivity index is 1.26. The highest BCUT2D eigenvalue weighted by atomic mass is 32.1. The van der Waals surface area contributed by atoms with Crippen LogP contribution in [0.1, 0.15) is 5.69 Å². The lowest BCUT2D eigenvalue weighted by molar-refractivity contribution is -0.125. The molecule has 3 fully saturated rings. The predicted octanol–water partition coefficient (Wildman–Crippen LogP) is 2.88. The molecule has 3 saturated heterocycles. The van der Waals surface area contributed by atoms with Crippen LogP contribution >= 0.6 is 11.3 Å². The maximum absolute atomic E-state index is 13.6. The van der Waals surface area contributed by atoms with Crippen molar-refractivity contribution in [2.24, 2.45) is 22.9 Å². The molecule has 0 N–H and O–H groups in total. The summed E-state index contributed by atoms with van der Waals surface area (Å²) >= 11 is 1.29. The largest absolute Gasteiger partial charge is 0.370 e. The fourth-order valence-electron chi connectivity index (χ4n) is 6.24. The van der Waals surface area contributed by atoms with Gasteiger partial charge in [0, 0.05) is 11.6 Å². The molecular formula is C26H18N6O3S. The summed E-state index contributed by atoms with van der Waals surface area (Å²) in [6.07, 6.45) is 2.39. The molecule has 4 aromatic rings. The third-order valence-corrected chi connectivity index (χ3v) is 8.39. The van der Waals surface area contributed by atoms with Crippen LogP contribution in [-0.2, 0) is 14.3 Å². The van der Waals surface area contributed by atoms with Crippen molar-refractivity contribution >= 4 is 50.7 Å². The Bertz CT molecular complexity index is 1580. The maximum atomic E-state index is 13.6. The molecule has 4 aliphatic rings. The topological polar surface area (TPSA) is 101 Å². The molecule has 2 aromatic carbocycles. The highest BCUT2D eigenvalue weighted by molar-refractivity contribution is 7.14. The molecule has 0 saturated carbocycles. The number of carbonyl (C=O) groups is 2. The van der Waals surface area contributed by atoms with Crippen molar-refractivity contribution in [1.29, 1.82) is 0 Å². The number of ether oxygens (including phenoxy) is 1. The Morgan fingerprint density at radius 3 is 2.36 bits per heavy atom. The van der Waals surface area contributed by atoms with E-state index in [2.05, 4.69) is 9.97 Å². The zero-order chi connectivity index (χ0) is 24.0. The molecule has 10 heteroatoms. The first-order valence-electron chi connectivity index (χ1n) is 11.8. The summed E-state index contributed by atoms with van der Waals surface area (Å²) in [6.45, 7) is 0. The van der Waals surface area contributed by atoms with E-state index in [-0.39, 0.29) is 23.8 Å². The van der Waals surface area contributed by atoms with Gasteiger partial charge < -0.3 is 4.74 Å². The van der Waals surface area contributed by atoms with Gasteiger partial charge in [0.05, 0.1) is 64.6 Å². The van der Waals surface area contributed by atoms with Crippen LogP contribution in [0.15, 0.2) is 77.5 Å². The fraction of sp³-hybridized carbons (Fsp3) is 0.231. The Morgan fingerprint density at radius 2 is 1.58 bits per heavy atom. The number of hydrazone groups is 1. The molecule has 2 bridgehead atoms. The number of hydrogen-bond acceptors (Lipinski definition) is 9. The molecule has 0 radical (unpaired) electrons. The number of benzene rings is 2. The van der Waals surface area contributed by atoms with E-state index in [0.29, 0.717) is 10.8 Å². The van der Waals surface area contributed by atoms with Crippen molar-refractivity contribution < 1.29 is 14.3 Å². The summed E-state index contributed by atoms with van der Waals surface area (Å²) < 4.78 is 6.45. The zero-order valence-corrected chi connectivity index (χ0v) is 19.5. The molecule has 2 amide bonds. The first-order chi connectivity index (χ1) is 17.7. The maximum Gasteiger partial charge on any atom is 0.242 e. The van der Waals surface area contributed by atoms with Crippen LogP contribution in [0.3, 0.4) is 0 Å². The minimum Gasteiger partial charge on any atom is -0.370 e. The van der Waals surface area contributed by atoms with Crippen LogP contribution in [0.25, 0.3) is 11.0 Å². The summed E-state index contributed by atoms with van der Waals surface area (Å²) in [5, 5.41) is 9.16. The second-order valence-electron chi connectivity index (χ2n) is 9.37. The summed E-state index contributed by atoms with van der Waals surface area (Å²) in [4.78, 5) is 42.0. The lowest BCUT2D eigenvalue weighted by Crippen LogP contribution is -2.50. The van der Waals surface area contributed by atoms with Crippen LogP contribution in [-0.4, -0.2) is 50.7 Å². The molecule has 36 heavy (non-hydrogen) atoms. The van der Waals surface area contributed by atoms with Gasteiger partial charge in [0.25, 0.3) is 0 Å². The smallest absolute Gasteiger partial charge is 0.242 e. The van der Waals surface area contributed by atoms with Gasteiger partial charge in [-0.05, 0) is 24.3 Å². The number of thiazole rings is 1. The number of anilines is 2. The lowest BCUT2D eigenvalue weighted by Gasteiger charge is -2.32. The third kappa shape index (κ3) is 2.57. The molecule has 0 unspecified atom stereocenters. The summed E-state index contributed by atoms with van der Waals surface area (Å²) in [7, 11) is 0. The number of imide groups is 1. The predicted molar refractivity (Wildman–Crippen MR) is 133 cm³/mol. The Hall–Kier alpha value is -4.02. The quantitative estimate of drug-likeness (QED) is 0.404. The van der Waals surface area contributed by atoms with Crippen LogP contribution in [0.4, 0.5) is 10.8 Å². The number of amides is 2. The molecule has 176 valence electrons. The average Bonchev–Trinajstić information content (AvgIpc) is 3.72. The Labute approximate surface area is 209 Å². The Morgan fingerprint density at radius 1 is 0.833 bits per heavy atom. The van der Waals surface area contributed by atoms with Crippen LogP contribution in [0.5, 0.6) is 0 Å². The van der Waals surface area contributed by atoms with E-state index in [1.807, 2.05) is 59.6 Å². The first-order valence-corrected chi connectivity index (χ1v) is 12.7. The summed E-state index contributed by atoms with van der Waals surface area (Å²) in [6, 6.07) is 17.3. The van der Waals surface area contributed by atoms with Crippen LogP contribution in [0.2, 0.25) is 0 Å². The van der Waals surface area contributed by atoms with Gasteiger partial charge in [-0.25, -0.2) is 14.9 Å². The van der Waals surface area contributed by atoms with E-state index in [1.165, 1.54) is 16.2 Å². The van der Waals surface area contributed by atoms with Gasteiger partial charge in [0.15, 0.2) is 5.13 Å². The van der Waals surface area contributed by atoms with E-state index < -0.39 is 24.0 Å². The molecule has 9 nitrogen and oxygen atoms in total. The van der Waals surface area contributed by atoms with Gasteiger partial charge in [-0.3, -0.25) is 19.6 Å². The van der Waals surface area contributed by atoms with Gasteiger partial charge in [0.2, 0.25) is 11.8 Å². The van der Waals surface area contributed by atoms with Crippen molar-refractivity contribution in [2.45, 2.75) is 18.2 Å². The van der Waals surface area contributed by atoms with Gasteiger partial charge in [-0.15, -0.1) is 11.3 Å². The minimum absolute atomic E-state index is 0.222. The number of nitrogens with zero attached hydrogens (tertiary/aromatic N) is 6. The molecule has 0 spiro atoms.